The van der Waals surface area contributed by atoms with Gasteiger partial charge >= 0.3 is 5.97 Å². The van der Waals surface area contributed by atoms with Gasteiger partial charge in [-0.15, -0.1) is 0 Å². The van der Waals surface area contributed by atoms with Crippen LogP contribution in [0.15, 0.2) is 24.3 Å². The highest BCUT2D eigenvalue weighted by Gasteiger charge is 2.92. The molecule has 7 heteroatoms. The van der Waals surface area contributed by atoms with Crippen molar-refractivity contribution in [2.45, 2.75) is 49.8 Å². The predicted molar refractivity (Wildman–Crippen MR) is 83.0 cm³/mol. The molecule has 2 fully saturated rings. The zero-order chi connectivity index (χ0) is 18.3. The summed E-state index contributed by atoms with van der Waals surface area (Å²) in [5.74, 6) is -3.95. The third kappa shape index (κ3) is 1.88. The largest absolute Gasteiger partial charge is 0.460 e. The van der Waals surface area contributed by atoms with Gasteiger partial charge in [0.2, 0.25) is 23.0 Å². The number of hydrogen-bond donors (Lipinski definition) is 1. The SMILES string of the molecule is CC(C)(C)OC(=O)CC1(O)OC[C@]23O[C@]12C(=O)c1ccccc1C3=O. The average Bonchev–Trinajstić information content (AvgIpc) is 3.16. The topological polar surface area (TPSA) is 102 Å². The van der Waals surface area contributed by atoms with Crippen LogP contribution in [0.5, 0.6) is 0 Å². The summed E-state index contributed by atoms with van der Waals surface area (Å²) >= 11 is 0. The molecule has 132 valence electrons. The predicted octanol–water partition coefficient (Wildman–Crippen LogP) is 1.02. The maximum Gasteiger partial charge on any atom is 0.311 e. The smallest absolute Gasteiger partial charge is 0.311 e. The van der Waals surface area contributed by atoms with Crippen molar-refractivity contribution < 1.29 is 33.7 Å². The second kappa shape index (κ2) is 4.55. The van der Waals surface area contributed by atoms with Gasteiger partial charge < -0.3 is 19.3 Å². The molecule has 25 heavy (non-hydrogen) atoms. The highest BCUT2D eigenvalue weighted by Crippen LogP contribution is 2.66. The molecule has 1 N–H and O–H groups in total. The van der Waals surface area contributed by atoms with Crippen LogP contribution in [0, 0.1) is 0 Å². The van der Waals surface area contributed by atoms with Crippen molar-refractivity contribution in [2.24, 2.45) is 0 Å². The summed E-state index contributed by atoms with van der Waals surface area (Å²) < 4.78 is 16.1. The lowest BCUT2D eigenvalue weighted by Gasteiger charge is -2.30. The highest BCUT2D eigenvalue weighted by atomic mass is 16.8. The van der Waals surface area contributed by atoms with Crippen molar-refractivity contribution in [2.75, 3.05) is 6.61 Å². The summed E-state index contributed by atoms with van der Waals surface area (Å²) in [6.45, 7) is 4.77. The third-order valence-corrected chi connectivity index (χ3v) is 4.83. The maximum absolute atomic E-state index is 13.0. The van der Waals surface area contributed by atoms with Crippen LogP contribution >= 0.6 is 0 Å². The van der Waals surface area contributed by atoms with Gasteiger partial charge in [0.1, 0.15) is 12.0 Å². The Bertz CT molecular complexity index is 823. The van der Waals surface area contributed by atoms with Crippen LogP contribution in [0.4, 0.5) is 0 Å². The number of ketones is 2. The summed E-state index contributed by atoms with van der Waals surface area (Å²) in [5.41, 5.74) is -3.80. The molecule has 2 heterocycles. The standard InChI is InChI=1S/C18H18O7/c1-15(2,3)24-12(19)8-17(22)18-14(21)11-7-5-4-6-10(11)13(20)16(18,25-18)9-23-17/h4-7,22H,8-9H2,1-3H3/t16-,17?,18+/m1/s1. The van der Waals surface area contributed by atoms with Gasteiger partial charge in [0, 0.05) is 11.1 Å². The summed E-state index contributed by atoms with van der Waals surface area (Å²) in [6.07, 6.45) is -0.604. The molecule has 1 unspecified atom stereocenters. The number of hydrogen-bond acceptors (Lipinski definition) is 7. The van der Waals surface area contributed by atoms with Gasteiger partial charge in [-0.3, -0.25) is 14.4 Å². The molecule has 3 atom stereocenters. The van der Waals surface area contributed by atoms with Crippen LogP contribution in [0.1, 0.15) is 47.9 Å². The number of Topliss-reactive ketones (excluding diaryl/α,β-unsaturated/α-hetero) is 2. The molecule has 4 rings (SSSR count). The number of carbonyl (C=O) groups is 3. The fourth-order valence-electron chi connectivity index (χ4n) is 3.80. The molecule has 0 aromatic heterocycles. The third-order valence-electron chi connectivity index (χ3n) is 4.83. The Balaban J connectivity index is 1.73. The average molecular weight is 346 g/mol. The summed E-state index contributed by atoms with van der Waals surface area (Å²) in [6, 6.07) is 6.32. The van der Waals surface area contributed by atoms with Gasteiger partial charge in [0.15, 0.2) is 5.60 Å². The monoisotopic (exact) mass is 346 g/mol. The Morgan fingerprint density at radius 1 is 1.20 bits per heavy atom. The lowest BCUT2D eigenvalue weighted by Crippen LogP contribution is -2.55. The van der Waals surface area contributed by atoms with Crippen LogP contribution in [-0.2, 0) is 19.0 Å². The Morgan fingerprint density at radius 2 is 1.80 bits per heavy atom. The fraction of sp³-hybridized carbons (Fsp3) is 0.500. The van der Waals surface area contributed by atoms with E-state index >= 15 is 0 Å². The molecule has 1 aromatic rings. The number of epoxide rings is 1. The van der Waals surface area contributed by atoms with Crippen molar-refractivity contribution in [1.29, 1.82) is 0 Å². The number of aliphatic hydroxyl groups is 1. The van der Waals surface area contributed by atoms with Crippen LogP contribution in [-0.4, -0.2) is 51.8 Å². The van der Waals surface area contributed by atoms with Crippen LogP contribution in [0.2, 0.25) is 0 Å². The van der Waals surface area contributed by atoms with E-state index in [0.29, 0.717) is 0 Å². The van der Waals surface area contributed by atoms with Crippen LogP contribution in [0.3, 0.4) is 0 Å². The lowest BCUT2D eigenvalue weighted by molar-refractivity contribution is -0.232. The van der Waals surface area contributed by atoms with E-state index in [-0.39, 0.29) is 17.7 Å². The number of fused-ring (bicyclic) bond motifs is 1. The molecule has 0 radical (unpaired) electrons. The van der Waals surface area contributed by atoms with Gasteiger partial charge in [-0.1, -0.05) is 24.3 Å². The fourth-order valence-corrected chi connectivity index (χ4v) is 3.80. The summed E-state index contributed by atoms with van der Waals surface area (Å²) in [7, 11) is 0. The maximum atomic E-state index is 13.0. The number of carbonyl (C=O) groups excluding carboxylic acids is 3. The van der Waals surface area contributed by atoms with Gasteiger partial charge in [0.25, 0.3) is 0 Å². The van der Waals surface area contributed by atoms with Gasteiger partial charge in [0.05, 0.1) is 6.61 Å². The second-order valence-corrected chi connectivity index (χ2v) is 7.65. The molecule has 0 bridgehead atoms. The minimum absolute atomic E-state index is 0.161. The molecule has 1 aromatic carbocycles. The van der Waals surface area contributed by atoms with Crippen LogP contribution in [0.25, 0.3) is 0 Å². The van der Waals surface area contributed by atoms with E-state index in [1.165, 1.54) is 6.07 Å². The first kappa shape index (κ1) is 16.4. The number of rotatable bonds is 2. The molecule has 1 aliphatic carbocycles. The van der Waals surface area contributed by atoms with E-state index in [2.05, 4.69) is 0 Å². The van der Waals surface area contributed by atoms with E-state index < -0.39 is 46.5 Å². The minimum Gasteiger partial charge on any atom is -0.460 e. The Kier molecular flexibility index (Phi) is 2.98. The quantitative estimate of drug-likeness (QED) is 0.630. The molecular formula is C18H18O7. The highest BCUT2D eigenvalue weighted by molar-refractivity contribution is 6.26. The molecule has 0 saturated carbocycles. The number of esters is 1. The number of ether oxygens (including phenoxy) is 3. The van der Waals surface area contributed by atoms with Gasteiger partial charge in [-0.2, -0.15) is 0 Å². The second-order valence-electron chi connectivity index (χ2n) is 7.65. The summed E-state index contributed by atoms with van der Waals surface area (Å²) in [5, 5.41) is 10.9. The van der Waals surface area contributed by atoms with Crippen molar-refractivity contribution in [3.8, 4) is 0 Å². The van der Waals surface area contributed by atoms with E-state index in [1.54, 1.807) is 39.0 Å². The lowest BCUT2D eigenvalue weighted by atomic mass is 9.71. The first-order valence-electron chi connectivity index (χ1n) is 8.03. The Morgan fingerprint density at radius 3 is 2.40 bits per heavy atom. The van der Waals surface area contributed by atoms with E-state index in [4.69, 9.17) is 14.2 Å². The van der Waals surface area contributed by atoms with E-state index in [0.717, 1.165) is 0 Å². The molecule has 2 saturated heterocycles. The molecule has 7 nitrogen and oxygen atoms in total. The van der Waals surface area contributed by atoms with Crippen LogP contribution < -0.4 is 0 Å². The zero-order valence-electron chi connectivity index (χ0n) is 14.1. The molecular weight excluding hydrogens is 328 g/mol. The number of benzene rings is 1. The van der Waals surface area contributed by atoms with Crippen molar-refractivity contribution in [1.82, 2.24) is 0 Å². The normalized spacial score (nSPS) is 35.7. The van der Waals surface area contributed by atoms with E-state index in [9.17, 15) is 19.5 Å². The zero-order valence-corrected chi connectivity index (χ0v) is 14.1. The van der Waals surface area contributed by atoms with Gasteiger partial charge in [-0.05, 0) is 20.8 Å². The molecule has 0 amide bonds. The molecule has 0 spiro atoms. The first-order chi connectivity index (χ1) is 11.6. The minimum atomic E-state index is -2.24. The summed E-state index contributed by atoms with van der Waals surface area (Å²) in [4.78, 5) is 38.0. The van der Waals surface area contributed by atoms with E-state index in [1.807, 2.05) is 0 Å². The first-order valence-corrected chi connectivity index (χ1v) is 8.03. The van der Waals surface area contributed by atoms with Crippen molar-refractivity contribution >= 4 is 17.5 Å². The van der Waals surface area contributed by atoms with Crippen molar-refractivity contribution in [3.63, 3.8) is 0 Å². The molecule has 3 aliphatic rings. The van der Waals surface area contributed by atoms with Gasteiger partial charge in [-0.25, -0.2) is 0 Å². The molecule has 2 aliphatic heterocycles. The van der Waals surface area contributed by atoms with Crippen molar-refractivity contribution in [3.05, 3.63) is 35.4 Å². The Hall–Kier alpha value is -2.09. The Labute approximate surface area is 143 Å².